The van der Waals surface area contributed by atoms with Crippen LogP contribution >= 0.6 is 11.8 Å². The van der Waals surface area contributed by atoms with E-state index in [0.29, 0.717) is 6.61 Å². The summed E-state index contributed by atoms with van der Waals surface area (Å²) >= 11 is 1.59. The van der Waals surface area contributed by atoms with Crippen molar-refractivity contribution >= 4 is 22.6 Å². The van der Waals surface area contributed by atoms with Crippen LogP contribution in [-0.4, -0.2) is 31.3 Å². The van der Waals surface area contributed by atoms with E-state index in [1.807, 2.05) is 49.6 Å². The molecule has 2 unspecified atom stereocenters. The average molecular weight is 387 g/mol. The number of aliphatic imine (C=N–C) groups is 1. The van der Waals surface area contributed by atoms with Gasteiger partial charge in [0.2, 0.25) is 0 Å². The summed E-state index contributed by atoms with van der Waals surface area (Å²) in [5.41, 5.74) is 8.76. The molecule has 3 N–H and O–H groups in total. The number of hydrazine groups is 1. The number of hydrogen-bond acceptors (Lipinski definition) is 6. The quantitative estimate of drug-likeness (QED) is 0.518. The zero-order valence-corrected chi connectivity index (χ0v) is 16.7. The Bertz CT molecular complexity index is 767. The van der Waals surface area contributed by atoms with Gasteiger partial charge < -0.3 is 14.8 Å². The molecule has 0 aliphatic carbocycles. The van der Waals surface area contributed by atoms with Crippen molar-refractivity contribution in [2.75, 3.05) is 25.3 Å². The van der Waals surface area contributed by atoms with Crippen molar-refractivity contribution in [3.8, 4) is 11.5 Å². The maximum Gasteiger partial charge on any atom is 0.162 e. The highest BCUT2D eigenvalue weighted by atomic mass is 32.2. The molecule has 2 atom stereocenters. The summed E-state index contributed by atoms with van der Waals surface area (Å²) in [6.07, 6.45) is 2.88. The Morgan fingerprint density at radius 3 is 2.70 bits per heavy atom. The fraction of sp³-hybridized carbons (Fsp3) is 0.350. The molecule has 2 aromatic rings. The van der Waals surface area contributed by atoms with Gasteiger partial charge in [-0.15, -0.1) is 0 Å². The van der Waals surface area contributed by atoms with Crippen LogP contribution in [0.15, 0.2) is 53.5 Å². The number of nitrogens with zero attached hydrogens (tertiary/aromatic N) is 1. The van der Waals surface area contributed by atoms with E-state index in [-0.39, 0.29) is 12.2 Å². The molecule has 1 saturated heterocycles. The molecule has 1 heterocycles. The molecule has 7 heteroatoms. The Kier molecular flexibility index (Phi) is 6.98. The normalized spacial score (nSPS) is 19.7. The topological polar surface area (TPSA) is 66.9 Å². The molecule has 3 rings (SSSR count). The van der Waals surface area contributed by atoms with E-state index in [4.69, 9.17) is 14.5 Å². The second kappa shape index (κ2) is 9.64. The number of hydrogen-bond donors (Lipinski definition) is 3. The zero-order chi connectivity index (χ0) is 19.1. The lowest BCUT2D eigenvalue weighted by Gasteiger charge is -2.12. The summed E-state index contributed by atoms with van der Waals surface area (Å²) in [7, 11) is 1.68. The fourth-order valence-corrected chi connectivity index (χ4v) is 3.36. The van der Waals surface area contributed by atoms with Gasteiger partial charge in [0.1, 0.15) is 17.7 Å². The second-order valence-electron chi connectivity index (χ2n) is 6.09. The van der Waals surface area contributed by atoms with Gasteiger partial charge in [-0.1, -0.05) is 23.9 Å². The lowest BCUT2D eigenvalue weighted by Crippen LogP contribution is -2.30. The van der Waals surface area contributed by atoms with Gasteiger partial charge in [0.05, 0.1) is 13.7 Å². The number of nitrogens with one attached hydrogen (secondary N) is 3. The molecule has 144 valence electrons. The van der Waals surface area contributed by atoms with Crippen LogP contribution in [0.3, 0.4) is 0 Å². The van der Waals surface area contributed by atoms with E-state index in [9.17, 15) is 0 Å². The van der Waals surface area contributed by atoms with Crippen LogP contribution in [0.5, 0.6) is 11.5 Å². The largest absolute Gasteiger partial charge is 0.497 e. The predicted molar refractivity (Wildman–Crippen MR) is 113 cm³/mol. The molecule has 0 amide bonds. The minimum Gasteiger partial charge on any atom is -0.497 e. The van der Waals surface area contributed by atoms with E-state index in [1.165, 1.54) is 5.56 Å². The van der Waals surface area contributed by atoms with Gasteiger partial charge >= 0.3 is 0 Å². The van der Waals surface area contributed by atoms with E-state index >= 15 is 0 Å². The minimum absolute atomic E-state index is 0.00107. The van der Waals surface area contributed by atoms with Crippen molar-refractivity contribution in [2.45, 2.75) is 25.6 Å². The second-order valence-corrected chi connectivity index (χ2v) is 6.89. The van der Waals surface area contributed by atoms with Crippen molar-refractivity contribution in [3.63, 3.8) is 0 Å². The van der Waals surface area contributed by atoms with E-state index in [1.54, 1.807) is 18.9 Å². The van der Waals surface area contributed by atoms with Gasteiger partial charge in [-0.05, 0) is 55.1 Å². The number of methoxy groups -OCH3 is 1. The molecule has 2 aromatic carbocycles. The summed E-state index contributed by atoms with van der Waals surface area (Å²) in [6.45, 7) is 2.64. The molecular weight excluding hydrogens is 360 g/mol. The number of amidine groups is 1. The molecule has 0 bridgehead atoms. The first-order valence-electron chi connectivity index (χ1n) is 8.98. The Morgan fingerprint density at radius 2 is 2.00 bits per heavy atom. The number of benzene rings is 2. The number of ether oxygens (including phenoxy) is 2. The van der Waals surface area contributed by atoms with Crippen molar-refractivity contribution in [1.82, 2.24) is 10.9 Å². The van der Waals surface area contributed by atoms with Gasteiger partial charge in [0, 0.05) is 18.2 Å². The Morgan fingerprint density at radius 1 is 1.19 bits per heavy atom. The summed E-state index contributed by atoms with van der Waals surface area (Å²) in [6, 6.07) is 16.2. The molecule has 0 saturated carbocycles. The van der Waals surface area contributed by atoms with Gasteiger partial charge in [-0.3, -0.25) is 0 Å². The first-order chi connectivity index (χ1) is 13.2. The van der Waals surface area contributed by atoms with Crippen molar-refractivity contribution in [3.05, 3.63) is 54.1 Å². The number of rotatable bonds is 6. The van der Waals surface area contributed by atoms with Crippen LogP contribution in [0.25, 0.3) is 0 Å². The molecule has 1 fully saturated rings. The minimum atomic E-state index is -0.00107. The number of anilines is 1. The van der Waals surface area contributed by atoms with Crippen LogP contribution in [0, 0.1) is 0 Å². The summed E-state index contributed by atoms with van der Waals surface area (Å²) < 4.78 is 10.8. The summed E-state index contributed by atoms with van der Waals surface area (Å²) in [5.74, 6) is 1.73. The smallest absolute Gasteiger partial charge is 0.162 e. The Hall–Kier alpha value is -2.22. The molecule has 1 aliphatic rings. The Labute approximate surface area is 164 Å². The third kappa shape index (κ3) is 5.38. The fourth-order valence-electron chi connectivity index (χ4n) is 2.90. The van der Waals surface area contributed by atoms with Gasteiger partial charge in [0.15, 0.2) is 5.17 Å². The van der Waals surface area contributed by atoms with Crippen molar-refractivity contribution in [1.29, 1.82) is 0 Å². The van der Waals surface area contributed by atoms with Crippen LogP contribution in [0.1, 0.15) is 24.9 Å². The standard InChI is InChI=1S/C20H26N4O2S/c1-4-26-16-10-8-15(9-11-16)21-20(27-3)22-19-13-18(23-24-19)14-6-5-7-17(12-14)25-2/h5-12,18-19,23-24H,4,13H2,1-3H3,(H,21,22). The van der Waals surface area contributed by atoms with Gasteiger partial charge in [-0.25, -0.2) is 15.8 Å². The molecular formula is C20H26N4O2S. The number of thioether (sulfide) groups is 1. The average Bonchev–Trinajstić information content (AvgIpc) is 3.18. The van der Waals surface area contributed by atoms with Gasteiger partial charge in [0.25, 0.3) is 0 Å². The van der Waals surface area contributed by atoms with E-state index in [2.05, 4.69) is 28.3 Å². The van der Waals surface area contributed by atoms with Crippen LogP contribution in [-0.2, 0) is 0 Å². The molecule has 0 aromatic heterocycles. The summed E-state index contributed by atoms with van der Waals surface area (Å²) in [4.78, 5) is 4.80. The molecule has 0 spiro atoms. The van der Waals surface area contributed by atoms with Crippen molar-refractivity contribution < 1.29 is 9.47 Å². The molecule has 6 nitrogen and oxygen atoms in total. The Balaban J connectivity index is 1.62. The van der Waals surface area contributed by atoms with E-state index in [0.717, 1.165) is 28.8 Å². The highest BCUT2D eigenvalue weighted by molar-refractivity contribution is 8.13. The molecule has 1 aliphatic heterocycles. The highest BCUT2D eigenvalue weighted by Gasteiger charge is 2.25. The van der Waals surface area contributed by atoms with E-state index < -0.39 is 0 Å². The monoisotopic (exact) mass is 386 g/mol. The lowest BCUT2D eigenvalue weighted by atomic mass is 10.0. The maximum absolute atomic E-state index is 5.48. The van der Waals surface area contributed by atoms with Crippen LogP contribution < -0.4 is 25.6 Å². The van der Waals surface area contributed by atoms with Crippen LogP contribution in [0.2, 0.25) is 0 Å². The molecule has 0 radical (unpaired) electrons. The van der Waals surface area contributed by atoms with Crippen LogP contribution in [0.4, 0.5) is 5.69 Å². The summed E-state index contributed by atoms with van der Waals surface area (Å²) in [5, 5.41) is 4.23. The first kappa shape index (κ1) is 19.5. The first-order valence-corrected chi connectivity index (χ1v) is 10.2. The third-order valence-electron chi connectivity index (χ3n) is 4.26. The predicted octanol–water partition coefficient (Wildman–Crippen LogP) is 3.79. The zero-order valence-electron chi connectivity index (χ0n) is 15.9. The SMILES string of the molecule is CCOc1ccc(N/C(=N/C2CC(c3cccc(OC)c3)NN2)SC)cc1. The maximum atomic E-state index is 5.48. The highest BCUT2D eigenvalue weighted by Crippen LogP contribution is 2.26. The lowest BCUT2D eigenvalue weighted by molar-refractivity contribution is 0.340. The van der Waals surface area contributed by atoms with Crippen molar-refractivity contribution in [2.24, 2.45) is 4.99 Å². The van der Waals surface area contributed by atoms with Gasteiger partial charge in [-0.2, -0.15) is 0 Å². The molecule has 27 heavy (non-hydrogen) atoms. The third-order valence-corrected chi connectivity index (χ3v) is 4.86.